The maximum absolute atomic E-state index is 14.8. The van der Waals surface area contributed by atoms with Crippen LogP contribution in [0.5, 0.6) is 0 Å². The van der Waals surface area contributed by atoms with Gasteiger partial charge < -0.3 is 58.4 Å². The molecule has 1 aliphatic rings. The number of aromatic nitrogens is 1. The maximum atomic E-state index is 14.8. The lowest BCUT2D eigenvalue weighted by Gasteiger charge is -2.28. The average Bonchev–Trinajstić information content (AvgIpc) is 3.76. The molecule has 1 aromatic heterocycles. The number of amides is 5. The summed E-state index contributed by atoms with van der Waals surface area (Å²) in [5.41, 5.74) is 15.2. The van der Waals surface area contributed by atoms with E-state index in [2.05, 4.69) is 31.6 Å². The van der Waals surface area contributed by atoms with Gasteiger partial charge in [0.15, 0.2) is 11.6 Å². The van der Waals surface area contributed by atoms with E-state index in [9.17, 15) is 48.9 Å². The lowest BCUT2D eigenvalue weighted by Crippen LogP contribution is -2.58. The zero-order valence-corrected chi connectivity index (χ0v) is 41.7. The van der Waals surface area contributed by atoms with Gasteiger partial charge >= 0.3 is 0 Å². The topological polar surface area (TPSA) is 308 Å². The molecule has 5 amide bonds. The minimum Gasteiger partial charge on any atom is -0.394 e. The summed E-state index contributed by atoms with van der Waals surface area (Å²) < 4.78 is 0. The summed E-state index contributed by atoms with van der Waals surface area (Å²) in [6.07, 6.45) is -0.650. The van der Waals surface area contributed by atoms with Gasteiger partial charge in [0.2, 0.25) is 29.5 Å². The number of benzene rings is 3. The van der Waals surface area contributed by atoms with Gasteiger partial charge in [0.1, 0.15) is 18.1 Å². The third-order valence-corrected chi connectivity index (χ3v) is 14.9. The molecule has 20 heteroatoms. The monoisotopic (exact) mass is 1020 g/mol. The Morgan fingerprint density at radius 3 is 2.06 bits per heavy atom. The predicted octanol–water partition coefficient (Wildman–Crippen LogP) is 1.38. The van der Waals surface area contributed by atoms with Crippen LogP contribution in [-0.4, -0.2) is 135 Å². The summed E-state index contributed by atoms with van der Waals surface area (Å²) in [4.78, 5) is 103. The Morgan fingerprint density at radius 1 is 0.761 bits per heavy atom. The van der Waals surface area contributed by atoms with Crippen molar-refractivity contribution in [2.45, 2.75) is 114 Å². The van der Waals surface area contributed by atoms with Crippen molar-refractivity contribution in [3.63, 3.8) is 0 Å². The van der Waals surface area contributed by atoms with Crippen LogP contribution < -0.4 is 38.1 Å². The number of hydrogen-bond donors (Lipinski definition) is 11. The molecule has 1 aliphatic heterocycles. The summed E-state index contributed by atoms with van der Waals surface area (Å²) in [5, 5.41) is 45.6. The Kier molecular flexibility index (Phi) is 22.6. The van der Waals surface area contributed by atoms with Crippen molar-refractivity contribution in [3.8, 4) is 0 Å². The van der Waals surface area contributed by atoms with E-state index in [0.717, 1.165) is 43.6 Å². The molecule has 5 rings (SSSR count). The first-order valence-electron chi connectivity index (χ1n) is 24.0. The van der Waals surface area contributed by atoms with Crippen LogP contribution in [0.2, 0.25) is 0 Å². The number of rotatable bonds is 17. The molecule has 18 nitrogen and oxygen atoms in total. The van der Waals surface area contributed by atoms with Crippen molar-refractivity contribution in [2.24, 2.45) is 23.3 Å². The lowest BCUT2D eigenvalue weighted by atomic mass is 9.90. The minimum absolute atomic E-state index is 0.0407. The predicted molar refractivity (Wildman–Crippen MR) is 274 cm³/mol. The van der Waals surface area contributed by atoms with E-state index >= 15 is 0 Å². The van der Waals surface area contributed by atoms with Crippen molar-refractivity contribution in [2.75, 3.05) is 24.7 Å². The molecule has 1 saturated heterocycles. The molecule has 71 heavy (non-hydrogen) atoms. The van der Waals surface area contributed by atoms with E-state index in [0.29, 0.717) is 18.4 Å². The second kappa shape index (κ2) is 28.4. The molecule has 0 radical (unpaired) electrons. The number of hydrogen-bond acceptors (Lipinski definition) is 14. The van der Waals surface area contributed by atoms with Gasteiger partial charge in [-0.1, -0.05) is 100 Å². The van der Waals surface area contributed by atoms with Crippen LogP contribution >= 0.6 is 21.6 Å². The number of H-pyrrole nitrogens is 1. The van der Waals surface area contributed by atoms with E-state index in [1.165, 1.54) is 13.8 Å². The second-order valence-corrected chi connectivity index (χ2v) is 20.6. The van der Waals surface area contributed by atoms with Gasteiger partial charge in [-0.3, -0.25) is 33.6 Å². The smallest absolute Gasteiger partial charge is 0.243 e. The molecule has 3 aromatic carbocycles. The maximum Gasteiger partial charge on any atom is 0.243 e. The molecule has 0 aliphatic carbocycles. The number of fused-ring (bicyclic) bond motifs is 1. The summed E-state index contributed by atoms with van der Waals surface area (Å²) in [6, 6.07) is 18.1. The third kappa shape index (κ3) is 17.3. The number of unbranched alkanes of at least 4 members (excludes halogenated alkanes) is 1. The molecule has 1 fully saturated rings. The number of aliphatic hydroxyl groups is 3. The van der Waals surface area contributed by atoms with Crippen molar-refractivity contribution < 1.29 is 48.9 Å². The Balaban J connectivity index is 1.56. The van der Waals surface area contributed by atoms with Crippen LogP contribution in [0.25, 0.3) is 10.9 Å². The number of ketones is 2. The first kappa shape index (κ1) is 56.3. The highest BCUT2D eigenvalue weighted by atomic mass is 33.1. The number of carbonyl (C=O) groups excluding carboxylic acids is 7. The molecular weight excluding hydrogens is 949 g/mol. The number of aromatic amines is 1. The highest BCUT2D eigenvalue weighted by Gasteiger charge is 2.37. The standard InChI is InChI=1S/C51H68N8O10S2/c1-30(61)42(27-60)57-48(66)36-25-45(64)46(31(2)62)59-50(68)40(19-11-12-20-52)55-51(69)41(23-35-26-54-39-18-10-9-17-37(35)39)56-47(65)34(21-32-13-5-3-6-14-32)24-44(63)43(29-71-70-28-36)58-49(67)38(53)22-33-15-7-4-8-16-33/h3-10,13-18,26,30-31,34,36,38,40-43,46,54,60-62H,11-12,19-25,27-29,52-53H2,1-2H3,(H,55,69)(H,56,65)(H,57,66)(H,58,67)(H,59,68)/t30?,31-,34-,36+,38-,40+,41?,42?,43+,46+/m1/s1. The van der Waals surface area contributed by atoms with Crippen LogP contribution in [0, 0.1) is 11.8 Å². The van der Waals surface area contributed by atoms with E-state index in [-0.39, 0.29) is 50.2 Å². The molecule has 4 aromatic rings. The van der Waals surface area contributed by atoms with Gasteiger partial charge in [0, 0.05) is 53.8 Å². The molecule has 13 N–H and O–H groups in total. The number of aliphatic hydroxyl groups excluding tert-OH is 3. The van der Waals surface area contributed by atoms with Crippen LogP contribution in [0.4, 0.5) is 0 Å². The largest absolute Gasteiger partial charge is 0.394 e. The zero-order chi connectivity index (χ0) is 51.5. The van der Waals surface area contributed by atoms with Crippen LogP contribution in [0.1, 0.15) is 62.6 Å². The third-order valence-electron chi connectivity index (χ3n) is 12.4. The Morgan fingerprint density at radius 2 is 1.39 bits per heavy atom. The van der Waals surface area contributed by atoms with Crippen molar-refractivity contribution in [1.29, 1.82) is 0 Å². The lowest BCUT2D eigenvalue weighted by molar-refractivity contribution is -0.136. The Labute approximate surface area is 421 Å². The van der Waals surface area contributed by atoms with Gasteiger partial charge in [-0.2, -0.15) is 0 Å². The van der Waals surface area contributed by atoms with Crippen LogP contribution in [-0.2, 0) is 52.8 Å². The quantitative estimate of drug-likeness (QED) is 0.0526. The van der Waals surface area contributed by atoms with Crippen molar-refractivity contribution in [1.82, 2.24) is 31.6 Å². The second-order valence-electron chi connectivity index (χ2n) is 18.1. The molecule has 384 valence electrons. The normalized spacial score (nSPS) is 23.1. The molecule has 0 saturated carbocycles. The van der Waals surface area contributed by atoms with Gasteiger partial charge in [-0.15, -0.1) is 0 Å². The fourth-order valence-electron chi connectivity index (χ4n) is 8.24. The van der Waals surface area contributed by atoms with Gasteiger partial charge in [-0.25, -0.2) is 0 Å². The molecular formula is C51H68N8O10S2. The molecule has 3 unspecified atom stereocenters. The van der Waals surface area contributed by atoms with Crippen LogP contribution in [0.3, 0.4) is 0 Å². The highest BCUT2D eigenvalue weighted by molar-refractivity contribution is 8.76. The van der Waals surface area contributed by atoms with Crippen molar-refractivity contribution >= 4 is 73.6 Å². The van der Waals surface area contributed by atoms with E-state index < -0.39 is 114 Å². The van der Waals surface area contributed by atoms with Gasteiger partial charge in [0.05, 0.1) is 42.9 Å². The van der Waals surface area contributed by atoms with Gasteiger partial charge in [-0.05, 0) is 75.3 Å². The first-order valence-corrected chi connectivity index (χ1v) is 26.4. The first-order chi connectivity index (χ1) is 34.1. The Bertz CT molecular complexity index is 2390. The van der Waals surface area contributed by atoms with E-state index in [4.69, 9.17) is 11.5 Å². The number of Topliss-reactive ketones (excluding diaryl/α,β-unsaturated/α-hetero) is 2. The summed E-state index contributed by atoms with van der Waals surface area (Å²) in [7, 11) is 2.23. The number of para-hydroxylation sites is 1. The fourth-order valence-corrected chi connectivity index (χ4v) is 10.7. The number of carbonyl (C=O) groups is 7. The minimum atomic E-state index is -1.54. The molecule has 0 bridgehead atoms. The number of nitrogens with two attached hydrogens (primary N) is 2. The van der Waals surface area contributed by atoms with Crippen LogP contribution in [0.15, 0.2) is 91.1 Å². The fraction of sp³-hybridized carbons (Fsp3) is 0.471. The SMILES string of the molecule is CC(O)C(CO)NC(=O)[C@@H]1CSSC[C@H](NC(=O)[C@H](N)Cc2ccccc2)C(=O)C[C@@H](Cc2ccccc2)C(=O)NC(Cc2c[nH]c3ccccc23)C(=O)N[C@@H](CCCCN)C(=O)N[C@@H]([C@@H](C)O)C(=O)C1. The van der Waals surface area contributed by atoms with E-state index in [1.807, 2.05) is 72.8 Å². The van der Waals surface area contributed by atoms with Gasteiger partial charge in [0.25, 0.3) is 0 Å². The Hall–Kier alpha value is -5.61. The zero-order valence-electron chi connectivity index (χ0n) is 40.1. The van der Waals surface area contributed by atoms with E-state index in [1.54, 1.807) is 18.3 Å². The average molecular weight is 1020 g/mol. The summed E-state index contributed by atoms with van der Waals surface area (Å²) in [6.45, 7) is 2.35. The number of nitrogens with one attached hydrogen (secondary N) is 6. The molecule has 10 atom stereocenters. The molecule has 2 heterocycles. The summed E-state index contributed by atoms with van der Waals surface area (Å²) >= 11 is 0. The highest BCUT2D eigenvalue weighted by Crippen LogP contribution is 2.29. The molecule has 0 spiro atoms. The summed E-state index contributed by atoms with van der Waals surface area (Å²) in [5.74, 6) is -7.08. The van der Waals surface area contributed by atoms with Crippen molar-refractivity contribution in [3.05, 3.63) is 108 Å².